The third kappa shape index (κ3) is 2.94. The highest BCUT2D eigenvalue weighted by molar-refractivity contribution is 6.26. The number of fused-ring (bicyclic) bond motifs is 2. The first-order valence-electron chi connectivity index (χ1n) is 11.9. The van der Waals surface area contributed by atoms with Crippen molar-refractivity contribution in [3.8, 4) is 11.4 Å². The monoisotopic (exact) mass is 463 g/mol. The van der Waals surface area contributed by atoms with Crippen LogP contribution in [0, 0.1) is 0 Å². The molecule has 4 aromatic carbocycles. The van der Waals surface area contributed by atoms with Gasteiger partial charge in [0.1, 0.15) is 16.9 Å². The predicted molar refractivity (Wildman–Crippen MR) is 142 cm³/mol. The minimum atomic E-state index is -0.331. The Kier molecular flexibility index (Phi) is 4.55. The molecule has 1 N–H and O–H groups in total. The summed E-state index contributed by atoms with van der Waals surface area (Å²) in [5.74, 6) is 0.401. The molecule has 0 aliphatic heterocycles. The maximum Gasteiger partial charge on any atom is 0.266 e. The van der Waals surface area contributed by atoms with E-state index in [2.05, 4.69) is 27.7 Å². The van der Waals surface area contributed by atoms with Gasteiger partial charge in [-0.15, -0.1) is 0 Å². The molecule has 6 rings (SSSR count). The zero-order valence-corrected chi connectivity index (χ0v) is 20.0. The molecule has 0 saturated heterocycles. The van der Waals surface area contributed by atoms with E-state index < -0.39 is 0 Å². The predicted octanol–water partition coefficient (Wildman–Crippen LogP) is 6.79. The van der Waals surface area contributed by atoms with E-state index >= 15 is 0 Å². The van der Waals surface area contributed by atoms with Crippen LogP contribution in [0.5, 0.6) is 5.75 Å². The minimum Gasteiger partial charge on any atom is -0.508 e. The molecule has 5 heteroatoms. The fraction of sp³-hybridized carbons (Fsp3) is 0.200. The fourth-order valence-electron chi connectivity index (χ4n) is 5.37. The summed E-state index contributed by atoms with van der Waals surface area (Å²) in [6.45, 7) is 8.30. The largest absolute Gasteiger partial charge is 0.508 e. The SMILES string of the molecule is CC(C)c1cccc(C(C)C)c1-n1c(=O)c2ccc3oc4ccc(O)cc4c4ccc(c1=O)c2c34. The number of para-hydroxylation sites is 1. The van der Waals surface area contributed by atoms with Crippen LogP contribution in [0.25, 0.3) is 49.2 Å². The lowest BCUT2D eigenvalue weighted by molar-refractivity contribution is 0.476. The first-order chi connectivity index (χ1) is 16.8. The Labute approximate surface area is 201 Å². The van der Waals surface area contributed by atoms with Gasteiger partial charge in [-0.1, -0.05) is 52.0 Å². The second-order valence-electron chi connectivity index (χ2n) is 9.84. The quantitative estimate of drug-likeness (QED) is 0.232. The average molecular weight is 464 g/mol. The summed E-state index contributed by atoms with van der Waals surface area (Å²) < 4.78 is 7.49. The van der Waals surface area contributed by atoms with Gasteiger partial charge in [-0.3, -0.25) is 9.59 Å². The molecular weight excluding hydrogens is 438 g/mol. The number of aromatic nitrogens is 1. The van der Waals surface area contributed by atoms with Crippen molar-refractivity contribution in [2.24, 2.45) is 0 Å². The Morgan fingerprint density at radius 2 is 1.26 bits per heavy atom. The maximum atomic E-state index is 14.0. The van der Waals surface area contributed by atoms with Crippen LogP contribution in [0.4, 0.5) is 0 Å². The van der Waals surface area contributed by atoms with E-state index in [0.29, 0.717) is 33.0 Å². The van der Waals surface area contributed by atoms with Gasteiger partial charge in [0.15, 0.2) is 0 Å². The zero-order valence-electron chi connectivity index (χ0n) is 20.0. The van der Waals surface area contributed by atoms with E-state index in [1.54, 1.807) is 36.4 Å². The molecule has 35 heavy (non-hydrogen) atoms. The van der Waals surface area contributed by atoms with Gasteiger partial charge < -0.3 is 9.52 Å². The number of aromatic hydroxyl groups is 1. The highest BCUT2D eigenvalue weighted by Gasteiger charge is 2.23. The van der Waals surface area contributed by atoms with Gasteiger partial charge in [0.25, 0.3) is 11.1 Å². The van der Waals surface area contributed by atoms with Crippen molar-refractivity contribution < 1.29 is 9.52 Å². The van der Waals surface area contributed by atoms with E-state index in [0.717, 1.165) is 27.3 Å². The van der Waals surface area contributed by atoms with Crippen molar-refractivity contribution in [2.45, 2.75) is 39.5 Å². The lowest BCUT2D eigenvalue weighted by Gasteiger charge is -2.21. The van der Waals surface area contributed by atoms with E-state index in [1.807, 2.05) is 24.3 Å². The van der Waals surface area contributed by atoms with Crippen LogP contribution < -0.4 is 11.1 Å². The summed E-state index contributed by atoms with van der Waals surface area (Å²) in [6.07, 6.45) is 0. The zero-order chi connectivity index (χ0) is 24.6. The first kappa shape index (κ1) is 21.4. The van der Waals surface area contributed by atoms with Crippen LogP contribution in [0.15, 0.2) is 74.7 Å². The summed E-state index contributed by atoms with van der Waals surface area (Å²) in [6, 6.07) is 18.2. The molecule has 0 saturated carbocycles. The number of pyridine rings is 1. The molecule has 174 valence electrons. The standard InChI is InChI=1S/C30H25NO4/c1-15(2)18-6-5-7-19(16(3)4)28(18)31-29(33)21-10-9-20-23-14-17(32)8-12-24(23)35-25-13-11-22(30(31)34)26(21)27(20)25/h5-16,32H,1-4H3. The van der Waals surface area contributed by atoms with Crippen LogP contribution in [0.1, 0.15) is 50.7 Å². The topological polar surface area (TPSA) is 72.4 Å². The molecular formula is C30H25NO4. The summed E-state index contributed by atoms with van der Waals surface area (Å²) in [4.78, 5) is 28.0. The molecule has 0 amide bonds. The first-order valence-corrected chi connectivity index (χ1v) is 11.9. The van der Waals surface area contributed by atoms with Crippen LogP contribution in [0.2, 0.25) is 0 Å². The van der Waals surface area contributed by atoms with E-state index in [4.69, 9.17) is 4.42 Å². The molecule has 0 unspecified atom stereocenters. The van der Waals surface area contributed by atoms with E-state index in [9.17, 15) is 14.7 Å². The molecule has 2 aromatic heterocycles. The van der Waals surface area contributed by atoms with E-state index in [1.165, 1.54) is 4.57 Å². The molecule has 0 fully saturated rings. The maximum absolute atomic E-state index is 14.0. The second-order valence-corrected chi connectivity index (χ2v) is 9.84. The van der Waals surface area contributed by atoms with Crippen LogP contribution in [-0.4, -0.2) is 9.67 Å². The van der Waals surface area contributed by atoms with Crippen molar-refractivity contribution in [2.75, 3.05) is 0 Å². The normalized spacial score (nSPS) is 12.3. The van der Waals surface area contributed by atoms with Gasteiger partial charge in [0.2, 0.25) is 0 Å². The number of rotatable bonds is 3. The van der Waals surface area contributed by atoms with Crippen LogP contribution >= 0.6 is 0 Å². The van der Waals surface area contributed by atoms with Gasteiger partial charge in [-0.05, 0) is 64.7 Å². The molecule has 0 bridgehead atoms. The third-order valence-electron chi connectivity index (χ3n) is 7.03. The molecule has 0 atom stereocenters. The van der Waals surface area contributed by atoms with Gasteiger partial charge in [0, 0.05) is 26.9 Å². The Hall–Kier alpha value is -4.12. The number of hydrogen-bond donors (Lipinski definition) is 1. The molecule has 0 aliphatic rings. The molecule has 2 heterocycles. The van der Waals surface area contributed by atoms with Gasteiger partial charge in [0.05, 0.1) is 5.69 Å². The van der Waals surface area contributed by atoms with E-state index in [-0.39, 0.29) is 28.7 Å². The Bertz CT molecular complexity index is 1850. The highest BCUT2D eigenvalue weighted by Crippen LogP contribution is 2.38. The second kappa shape index (κ2) is 7.44. The molecule has 0 spiro atoms. The van der Waals surface area contributed by atoms with Crippen molar-refractivity contribution >= 4 is 43.5 Å². The number of nitrogens with zero attached hydrogens (tertiary/aromatic N) is 1. The van der Waals surface area contributed by atoms with Gasteiger partial charge in [-0.2, -0.15) is 0 Å². The molecule has 0 radical (unpaired) electrons. The van der Waals surface area contributed by atoms with Crippen molar-refractivity contribution in [1.29, 1.82) is 0 Å². The number of phenolic OH excluding ortho intramolecular Hbond substituents is 1. The Balaban J connectivity index is 1.83. The highest BCUT2D eigenvalue weighted by atomic mass is 16.3. The Morgan fingerprint density at radius 3 is 1.89 bits per heavy atom. The number of hydrogen-bond acceptors (Lipinski definition) is 4. The summed E-state index contributed by atoms with van der Waals surface area (Å²) >= 11 is 0. The average Bonchev–Trinajstić information content (AvgIpc) is 2.83. The van der Waals surface area contributed by atoms with Crippen molar-refractivity contribution in [3.05, 3.63) is 92.5 Å². The summed E-state index contributed by atoms with van der Waals surface area (Å²) in [5, 5.41) is 13.9. The van der Waals surface area contributed by atoms with Crippen LogP contribution in [-0.2, 0) is 0 Å². The van der Waals surface area contributed by atoms with Crippen molar-refractivity contribution in [3.63, 3.8) is 0 Å². The van der Waals surface area contributed by atoms with Crippen molar-refractivity contribution in [1.82, 2.24) is 4.57 Å². The smallest absolute Gasteiger partial charge is 0.266 e. The molecule has 5 nitrogen and oxygen atoms in total. The van der Waals surface area contributed by atoms with Gasteiger partial charge >= 0.3 is 0 Å². The number of phenols is 1. The summed E-state index contributed by atoms with van der Waals surface area (Å²) in [7, 11) is 0. The summed E-state index contributed by atoms with van der Waals surface area (Å²) in [5.41, 5.74) is 3.20. The molecule has 0 aliphatic carbocycles. The Morgan fingerprint density at radius 1 is 0.686 bits per heavy atom. The lowest BCUT2D eigenvalue weighted by Crippen LogP contribution is -2.33. The minimum absolute atomic E-state index is 0.126. The lowest BCUT2D eigenvalue weighted by atomic mass is 9.91. The van der Waals surface area contributed by atoms with Crippen LogP contribution in [0.3, 0.4) is 0 Å². The fourth-order valence-corrected chi connectivity index (χ4v) is 5.37. The van der Waals surface area contributed by atoms with Gasteiger partial charge in [-0.25, -0.2) is 4.57 Å². The third-order valence-corrected chi connectivity index (χ3v) is 7.03. The number of benzene rings is 4. The molecule has 6 aromatic rings.